The summed E-state index contributed by atoms with van der Waals surface area (Å²) in [7, 11) is 0. The number of hydrogen-bond donors (Lipinski definition) is 0. The van der Waals surface area contributed by atoms with Gasteiger partial charge in [0.25, 0.3) is 0 Å². The standard InChI is InChI=1S/C8H12N2O/c1-2-6-11-8(3-1)10-5-4-9-7-10/h4-5,7-8H,1-3,6H2/t8-/m0/s1. The van der Waals surface area contributed by atoms with Crippen molar-refractivity contribution in [3.05, 3.63) is 18.7 Å². The van der Waals surface area contributed by atoms with E-state index >= 15 is 0 Å². The maximum Gasteiger partial charge on any atom is 0.134 e. The Hall–Kier alpha value is -0.830. The Labute approximate surface area is 66.0 Å². The van der Waals surface area contributed by atoms with Gasteiger partial charge < -0.3 is 9.30 Å². The minimum absolute atomic E-state index is 0.242. The number of nitrogens with zero attached hydrogens (tertiary/aromatic N) is 2. The molecule has 3 nitrogen and oxygen atoms in total. The third-order valence-electron chi connectivity index (χ3n) is 2.01. The second-order valence-corrected chi connectivity index (χ2v) is 2.83. The van der Waals surface area contributed by atoms with E-state index in [2.05, 4.69) is 4.98 Å². The van der Waals surface area contributed by atoms with Crippen LogP contribution in [0.1, 0.15) is 25.5 Å². The Morgan fingerprint density at radius 3 is 3.09 bits per heavy atom. The van der Waals surface area contributed by atoms with Crippen LogP contribution >= 0.6 is 0 Å². The third kappa shape index (κ3) is 1.43. The highest BCUT2D eigenvalue weighted by atomic mass is 16.5. The quantitative estimate of drug-likeness (QED) is 0.611. The summed E-state index contributed by atoms with van der Waals surface area (Å²) in [6.45, 7) is 0.892. The van der Waals surface area contributed by atoms with Gasteiger partial charge in [-0.05, 0) is 19.3 Å². The minimum Gasteiger partial charge on any atom is -0.358 e. The van der Waals surface area contributed by atoms with Crippen molar-refractivity contribution in [2.45, 2.75) is 25.5 Å². The van der Waals surface area contributed by atoms with E-state index in [4.69, 9.17) is 4.74 Å². The molecule has 1 aliphatic rings. The summed E-state index contributed by atoms with van der Waals surface area (Å²) >= 11 is 0. The molecule has 11 heavy (non-hydrogen) atoms. The fourth-order valence-electron chi connectivity index (χ4n) is 1.40. The Morgan fingerprint density at radius 2 is 2.45 bits per heavy atom. The van der Waals surface area contributed by atoms with Crippen LogP contribution in [0.3, 0.4) is 0 Å². The van der Waals surface area contributed by atoms with Crippen LogP contribution in [0.25, 0.3) is 0 Å². The molecule has 1 atom stereocenters. The largest absolute Gasteiger partial charge is 0.358 e. The smallest absolute Gasteiger partial charge is 0.134 e. The summed E-state index contributed by atoms with van der Waals surface area (Å²) in [6.07, 6.45) is 9.39. The van der Waals surface area contributed by atoms with Gasteiger partial charge in [0, 0.05) is 19.0 Å². The van der Waals surface area contributed by atoms with Crippen LogP contribution in [0.4, 0.5) is 0 Å². The van der Waals surface area contributed by atoms with Gasteiger partial charge in [0.2, 0.25) is 0 Å². The fraction of sp³-hybridized carbons (Fsp3) is 0.625. The molecule has 0 spiro atoms. The lowest BCUT2D eigenvalue weighted by atomic mass is 10.2. The average molecular weight is 152 g/mol. The molecule has 1 aromatic heterocycles. The van der Waals surface area contributed by atoms with Crippen molar-refractivity contribution in [3.63, 3.8) is 0 Å². The van der Waals surface area contributed by atoms with E-state index in [0.717, 1.165) is 13.0 Å². The molecular formula is C8H12N2O. The minimum atomic E-state index is 0.242. The molecule has 1 fully saturated rings. The van der Waals surface area contributed by atoms with Crippen LogP contribution < -0.4 is 0 Å². The summed E-state index contributed by atoms with van der Waals surface area (Å²) in [5, 5.41) is 0. The van der Waals surface area contributed by atoms with Crippen LogP contribution in [0.15, 0.2) is 18.7 Å². The molecule has 0 aromatic carbocycles. The van der Waals surface area contributed by atoms with Gasteiger partial charge in [-0.2, -0.15) is 0 Å². The molecule has 1 aliphatic heterocycles. The van der Waals surface area contributed by atoms with E-state index in [0.29, 0.717) is 0 Å². The summed E-state index contributed by atoms with van der Waals surface area (Å²) in [6, 6.07) is 0. The van der Waals surface area contributed by atoms with Gasteiger partial charge in [-0.3, -0.25) is 0 Å². The van der Waals surface area contributed by atoms with Crippen LogP contribution in [0, 0.1) is 0 Å². The van der Waals surface area contributed by atoms with E-state index in [1.54, 1.807) is 6.20 Å². The lowest BCUT2D eigenvalue weighted by Crippen LogP contribution is -2.16. The number of aromatic nitrogens is 2. The van der Waals surface area contributed by atoms with Gasteiger partial charge in [-0.25, -0.2) is 4.98 Å². The van der Waals surface area contributed by atoms with Gasteiger partial charge in [0.1, 0.15) is 6.23 Å². The van der Waals surface area contributed by atoms with Gasteiger partial charge in [-0.15, -0.1) is 0 Å². The first-order valence-corrected chi connectivity index (χ1v) is 4.06. The van der Waals surface area contributed by atoms with Crippen molar-refractivity contribution in [1.29, 1.82) is 0 Å². The zero-order valence-electron chi connectivity index (χ0n) is 6.44. The summed E-state index contributed by atoms with van der Waals surface area (Å²) < 4.78 is 7.57. The predicted molar refractivity (Wildman–Crippen MR) is 41.1 cm³/mol. The number of rotatable bonds is 1. The van der Waals surface area contributed by atoms with E-state index in [1.165, 1.54) is 12.8 Å². The van der Waals surface area contributed by atoms with Crippen LogP contribution in [0.5, 0.6) is 0 Å². The second-order valence-electron chi connectivity index (χ2n) is 2.83. The summed E-state index contributed by atoms with van der Waals surface area (Å²) in [5.41, 5.74) is 0. The molecule has 3 heteroatoms. The van der Waals surface area contributed by atoms with Crippen LogP contribution in [0.2, 0.25) is 0 Å². The number of hydrogen-bond acceptors (Lipinski definition) is 2. The topological polar surface area (TPSA) is 27.1 Å². The zero-order valence-corrected chi connectivity index (χ0v) is 6.44. The molecule has 1 saturated heterocycles. The monoisotopic (exact) mass is 152 g/mol. The molecule has 0 N–H and O–H groups in total. The third-order valence-corrected chi connectivity index (χ3v) is 2.01. The highest BCUT2D eigenvalue weighted by Crippen LogP contribution is 2.21. The average Bonchev–Trinajstić information content (AvgIpc) is 2.58. The highest BCUT2D eigenvalue weighted by molar-refractivity contribution is 4.77. The van der Waals surface area contributed by atoms with E-state index in [-0.39, 0.29) is 6.23 Å². The first-order chi connectivity index (χ1) is 5.47. The molecule has 0 aliphatic carbocycles. The molecule has 0 saturated carbocycles. The SMILES string of the molecule is c1cn([C@@H]2CCCCO2)cn1. The molecule has 2 rings (SSSR count). The molecular weight excluding hydrogens is 140 g/mol. The molecule has 60 valence electrons. The van der Waals surface area contributed by atoms with Crippen molar-refractivity contribution < 1.29 is 4.74 Å². The Kier molecular flexibility index (Phi) is 1.90. The van der Waals surface area contributed by atoms with Crippen molar-refractivity contribution in [1.82, 2.24) is 9.55 Å². The van der Waals surface area contributed by atoms with Crippen molar-refractivity contribution in [3.8, 4) is 0 Å². The Morgan fingerprint density at radius 1 is 1.45 bits per heavy atom. The molecule has 0 radical (unpaired) electrons. The maximum atomic E-state index is 5.55. The molecule has 2 heterocycles. The molecule has 0 unspecified atom stereocenters. The van der Waals surface area contributed by atoms with E-state index in [1.807, 2.05) is 17.1 Å². The van der Waals surface area contributed by atoms with Gasteiger partial charge in [0.15, 0.2) is 0 Å². The zero-order chi connectivity index (χ0) is 7.52. The van der Waals surface area contributed by atoms with Crippen LogP contribution in [-0.4, -0.2) is 16.2 Å². The summed E-state index contributed by atoms with van der Waals surface area (Å²) in [5.74, 6) is 0. The van der Waals surface area contributed by atoms with Gasteiger partial charge >= 0.3 is 0 Å². The lowest BCUT2D eigenvalue weighted by Gasteiger charge is -2.23. The van der Waals surface area contributed by atoms with Crippen molar-refractivity contribution in [2.75, 3.05) is 6.61 Å². The molecule has 0 bridgehead atoms. The van der Waals surface area contributed by atoms with Crippen molar-refractivity contribution in [2.24, 2.45) is 0 Å². The number of imidazole rings is 1. The normalized spacial score (nSPS) is 25.3. The number of ether oxygens (including phenoxy) is 1. The molecule has 1 aromatic rings. The Balaban J connectivity index is 2.04. The van der Waals surface area contributed by atoms with E-state index in [9.17, 15) is 0 Å². The van der Waals surface area contributed by atoms with Crippen molar-refractivity contribution >= 4 is 0 Å². The van der Waals surface area contributed by atoms with Crippen LogP contribution in [-0.2, 0) is 4.74 Å². The van der Waals surface area contributed by atoms with Gasteiger partial charge in [0.05, 0.1) is 6.33 Å². The predicted octanol–water partition coefficient (Wildman–Crippen LogP) is 1.58. The van der Waals surface area contributed by atoms with Gasteiger partial charge in [-0.1, -0.05) is 0 Å². The summed E-state index contributed by atoms with van der Waals surface area (Å²) in [4.78, 5) is 3.98. The first-order valence-electron chi connectivity index (χ1n) is 4.06. The fourth-order valence-corrected chi connectivity index (χ4v) is 1.40. The second kappa shape index (κ2) is 3.05. The highest BCUT2D eigenvalue weighted by Gasteiger charge is 2.13. The first kappa shape index (κ1) is 6.85. The molecule has 0 amide bonds. The lowest BCUT2D eigenvalue weighted by molar-refractivity contribution is -0.0320. The Bertz CT molecular complexity index is 202. The van der Waals surface area contributed by atoms with E-state index < -0.39 is 0 Å². The maximum absolute atomic E-state index is 5.55.